The number of hydrogen-bond acceptors (Lipinski definition) is 3. The zero-order valence-electron chi connectivity index (χ0n) is 9.59. The molecule has 1 spiro atoms. The average Bonchev–Trinajstić information content (AvgIpc) is 2.77. The average molecular weight is 285 g/mol. The molecule has 104 valence electrons. The molecule has 2 heterocycles. The molecule has 2 aliphatic rings. The molecule has 3 rings (SSSR count). The second-order valence-electron chi connectivity index (χ2n) is 4.37. The van der Waals surface area contributed by atoms with Gasteiger partial charge in [0.25, 0.3) is 11.8 Å². The first-order valence-electron chi connectivity index (χ1n) is 5.42. The number of urea groups is 1. The summed E-state index contributed by atoms with van der Waals surface area (Å²) in [7, 11) is 0. The van der Waals surface area contributed by atoms with Crippen LogP contribution in [0.1, 0.15) is 11.1 Å². The van der Waals surface area contributed by atoms with Crippen LogP contribution in [0, 0.1) is 0 Å². The molecule has 1 aromatic rings. The molecular formula is C11H6F3N3O3. The number of nitrogens with one attached hydrogen (secondary N) is 3. The maximum atomic E-state index is 12.6. The first-order valence-corrected chi connectivity index (χ1v) is 5.42. The van der Waals surface area contributed by atoms with Crippen molar-refractivity contribution in [2.24, 2.45) is 0 Å². The number of carbonyl (C=O) groups excluding carboxylic acids is 3. The maximum Gasteiger partial charge on any atom is 0.416 e. The second-order valence-corrected chi connectivity index (χ2v) is 4.37. The van der Waals surface area contributed by atoms with Crippen LogP contribution in [-0.4, -0.2) is 17.8 Å². The number of fused-ring (bicyclic) bond motifs is 2. The molecule has 1 unspecified atom stereocenters. The Morgan fingerprint density at radius 2 is 1.65 bits per heavy atom. The lowest BCUT2D eigenvalue weighted by molar-refractivity contribution is -0.137. The number of rotatable bonds is 0. The number of alkyl halides is 3. The van der Waals surface area contributed by atoms with Crippen molar-refractivity contribution < 1.29 is 27.6 Å². The van der Waals surface area contributed by atoms with E-state index in [9.17, 15) is 27.6 Å². The molecule has 6 nitrogen and oxygen atoms in total. The number of halogens is 3. The van der Waals surface area contributed by atoms with Crippen LogP contribution >= 0.6 is 0 Å². The minimum atomic E-state index is -4.57. The number of carbonyl (C=O) groups is 3. The van der Waals surface area contributed by atoms with E-state index in [0.717, 1.165) is 18.2 Å². The van der Waals surface area contributed by atoms with Gasteiger partial charge in [0.1, 0.15) is 0 Å². The molecule has 4 amide bonds. The van der Waals surface area contributed by atoms with Gasteiger partial charge in [-0.1, -0.05) is 6.07 Å². The van der Waals surface area contributed by atoms with Crippen molar-refractivity contribution >= 4 is 23.5 Å². The molecular weight excluding hydrogens is 279 g/mol. The molecule has 9 heteroatoms. The molecule has 1 fully saturated rings. The van der Waals surface area contributed by atoms with Gasteiger partial charge in [0.15, 0.2) is 0 Å². The third kappa shape index (κ3) is 1.43. The monoisotopic (exact) mass is 285 g/mol. The van der Waals surface area contributed by atoms with Crippen LogP contribution < -0.4 is 16.0 Å². The minimum Gasteiger partial charge on any atom is -0.323 e. The molecule has 3 N–H and O–H groups in total. The van der Waals surface area contributed by atoms with Crippen LogP contribution in [0.15, 0.2) is 18.2 Å². The fraction of sp³-hybridized carbons (Fsp3) is 0.182. The van der Waals surface area contributed by atoms with Gasteiger partial charge in [0, 0.05) is 11.3 Å². The Morgan fingerprint density at radius 3 is 2.20 bits per heavy atom. The van der Waals surface area contributed by atoms with E-state index in [1.165, 1.54) is 0 Å². The first kappa shape index (κ1) is 12.5. The third-order valence-corrected chi connectivity index (χ3v) is 3.21. The number of imide groups is 1. The lowest BCUT2D eigenvalue weighted by Gasteiger charge is -2.17. The lowest BCUT2D eigenvalue weighted by atomic mass is 9.91. The van der Waals surface area contributed by atoms with Crippen molar-refractivity contribution in [2.75, 3.05) is 5.32 Å². The van der Waals surface area contributed by atoms with Gasteiger partial charge in [-0.15, -0.1) is 0 Å². The molecule has 20 heavy (non-hydrogen) atoms. The fourth-order valence-electron chi connectivity index (χ4n) is 2.29. The summed E-state index contributed by atoms with van der Waals surface area (Å²) in [5.41, 5.74) is -3.12. The Morgan fingerprint density at radius 1 is 1.00 bits per heavy atom. The van der Waals surface area contributed by atoms with Crippen LogP contribution in [0.25, 0.3) is 0 Å². The SMILES string of the molecule is O=C1NC(=O)C2(N1)C(=O)Nc1cc(C(F)(F)F)ccc12. The lowest BCUT2D eigenvalue weighted by Crippen LogP contribution is -2.49. The van der Waals surface area contributed by atoms with Crippen molar-refractivity contribution in [1.82, 2.24) is 10.6 Å². The summed E-state index contributed by atoms with van der Waals surface area (Å²) < 4.78 is 37.8. The summed E-state index contributed by atoms with van der Waals surface area (Å²) in [6, 6.07) is 1.59. The van der Waals surface area contributed by atoms with Gasteiger partial charge in [0.2, 0.25) is 5.54 Å². The zero-order chi connectivity index (χ0) is 14.7. The molecule has 0 aliphatic carbocycles. The molecule has 1 saturated heterocycles. The van der Waals surface area contributed by atoms with E-state index in [1.807, 2.05) is 5.32 Å². The van der Waals surface area contributed by atoms with E-state index in [0.29, 0.717) is 0 Å². The van der Waals surface area contributed by atoms with Gasteiger partial charge >= 0.3 is 12.2 Å². The van der Waals surface area contributed by atoms with Crippen LogP contribution in [0.2, 0.25) is 0 Å². The van der Waals surface area contributed by atoms with Crippen LogP contribution in [-0.2, 0) is 21.3 Å². The molecule has 0 radical (unpaired) electrons. The van der Waals surface area contributed by atoms with E-state index in [4.69, 9.17) is 0 Å². The van der Waals surface area contributed by atoms with E-state index in [1.54, 1.807) is 0 Å². The van der Waals surface area contributed by atoms with Gasteiger partial charge in [-0.3, -0.25) is 14.9 Å². The molecule has 1 atom stereocenters. The van der Waals surface area contributed by atoms with Gasteiger partial charge < -0.3 is 10.6 Å². The first-order chi connectivity index (χ1) is 9.25. The maximum absolute atomic E-state index is 12.6. The summed E-state index contributed by atoms with van der Waals surface area (Å²) >= 11 is 0. The van der Waals surface area contributed by atoms with Crippen molar-refractivity contribution in [3.63, 3.8) is 0 Å². The minimum absolute atomic E-state index is 0.0150. The van der Waals surface area contributed by atoms with Gasteiger partial charge in [-0.2, -0.15) is 13.2 Å². The summed E-state index contributed by atoms with van der Waals surface area (Å²) in [5.74, 6) is -1.81. The Bertz CT molecular complexity index is 671. The Hall–Kier alpha value is -2.58. The highest BCUT2D eigenvalue weighted by Gasteiger charge is 2.58. The number of hydrogen-bond donors (Lipinski definition) is 3. The van der Waals surface area contributed by atoms with E-state index >= 15 is 0 Å². The number of amides is 4. The highest BCUT2D eigenvalue weighted by molar-refractivity contribution is 6.26. The molecule has 1 aromatic carbocycles. The van der Waals surface area contributed by atoms with Crippen molar-refractivity contribution in [2.45, 2.75) is 11.7 Å². The van der Waals surface area contributed by atoms with Crippen LogP contribution in [0.5, 0.6) is 0 Å². The van der Waals surface area contributed by atoms with E-state index < -0.39 is 35.1 Å². The predicted molar refractivity (Wildman–Crippen MR) is 58.4 cm³/mol. The molecule has 0 aromatic heterocycles. The van der Waals surface area contributed by atoms with Gasteiger partial charge in [-0.25, -0.2) is 4.79 Å². The van der Waals surface area contributed by atoms with Crippen molar-refractivity contribution in [3.05, 3.63) is 29.3 Å². The quantitative estimate of drug-likeness (QED) is 0.484. The number of anilines is 1. The Balaban J connectivity index is 2.16. The predicted octanol–water partition coefficient (Wildman–Crippen LogP) is 0.692. The zero-order valence-corrected chi connectivity index (χ0v) is 9.59. The third-order valence-electron chi connectivity index (χ3n) is 3.21. The molecule has 0 saturated carbocycles. The molecule has 2 aliphatic heterocycles. The van der Waals surface area contributed by atoms with E-state index in [-0.39, 0.29) is 11.3 Å². The van der Waals surface area contributed by atoms with Crippen LogP contribution in [0.3, 0.4) is 0 Å². The van der Waals surface area contributed by atoms with Crippen molar-refractivity contribution in [1.29, 1.82) is 0 Å². The van der Waals surface area contributed by atoms with E-state index in [2.05, 4.69) is 10.6 Å². The summed E-state index contributed by atoms with van der Waals surface area (Å²) in [6.07, 6.45) is -4.57. The smallest absolute Gasteiger partial charge is 0.323 e. The van der Waals surface area contributed by atoms with Crippen LogP contribution in [0.4, 0.5) is 23.7 Å². The second kappa shape index (κ2) is 3.50. The summed E-state index contributed by atoms with van der Waals surface area (Å²) in [4.78, 5) is 34.9. The number of benzene rings is 1. The fourth-order valence-corrected chi connectivity index (χ4v) is 2.29. The van der Waals surface area contributed by atoms with Gasteiger partial charge in [0.05, 0.1) is 5.56 Å². The Labute approximate surface area is 109 Å². The Kier molecular flexibility index (Phi) is 2.18. The normalized spacial score (nSPS) is 24.4. The summed E-state index contributed by atoms with van der Waals surface area (Å²) in [6.45, 7) is 0. The standard InChI is InChI=1S/C11H6F3N3O3/c12-11(13,14)4-1-2-5-6(3-4)15-7(18)10(5)8(19)16-9(20)17-10/h1-3H,(H,15,18)(H2,16,17,19,20). The topological polar surface area (TPSA) is 87.3 Å². The highest BCUT2D eigenvalue weighted by atomic mass is 19.4. The molecule has 0 bridgehead atoms. The highest BCUT2D eigenvalue weighted by Crippen LogP contribution is 2.41. The summed E-state index contributed by atoms with van der Waals surface area (Å²) in [5, 5.41) is 6.22. The largest absolute Gasteiger partial charge is 0.416 e. The van der Waals surface area contributed by atoms with Gasteiger partial charge in [-0.05, 0) is 12.1 Å². The van der Waals surface area contributed by atoms with Crippen molar-refractivity contribution in [3.8, 4) is 0 Å².